The van der Waals surface area contributed by atoms with E-state index in [9.17, 15) is 9.59 Å². The molecule has 0 aliphatic carbocycles. The SMILES string of the molecule is CC(=O)Nc1ccc(NC(=O)c2ncoc2-c2ccccc2)cc1. The van der Waals surface area contributed by atoms with Crippen molar-refractivity contribution < 1.29 is 14.0 Å². The topological polar surface area (TPSA) is 84.2 Å². The lowest BCUT2D eigenvalue weighted by atomic mass is 10.1. The van der Waals surface area contributed by atoms with Gasteiger partial charge in [-0.1, -0.05) is 30.3 Å². The van der Waals surface area contributed by atoms with Crippen LogP contribution in [-0.4, -0.2) is 16.8 Å². The first-order valence-corrected chi connectivity index (χ1v) is 7.31. The predicted octanol–water partition coefficient (Wildman–Crippen LogP) is 3.55. The Kier molecular flexibility index (Phi) is 4.38. The molecule has 0 saturated carbocycles. The Labute approximate surface area is 138 Å². The third-order valence-electron chi connectivity index (χ3n) is 3.28. The van der Waals surface area contributed by atoms with E-state index in [-0.39, 0.29) is 17.5 Å². The fourth-order valence-electron chi connectivity index (χ4n) is 2.23. The third kappa shape index (κ3) is 3.49. The van der Waals surface area contributed by atoms with Gasteiger partial charge in [0.2, 0.25) is 5.91 Å². The molecule has 6 heteroatoms. The lowest BCUT2D eigenvalue weighted by Gasteiger charge is -2.06. The number of nitrogens with zero attached hydrogens (tertiary/aromatic N) is 1. The molecule has 0 fully saturated rings. The Morgan fingerprint density at radius 3 is 2.17 bits per heavy atom. The maximum atomic E-state index is 12.4. The number of amides is 2. The van der Waals surface area contributed by atoms with Crippen LogP contribution in [0.3, 0.4) is 0 Å². The maximum Gasteiger partial charge on any atom is 0.278 e. The molecule has 0 aliphatic rings. The molecule has 1 heterocycles. The van der Waals surface area contributed by atoms with E-state index in [1.165, 1.54) is 13.3 Å². The summed E-state index contributed by atoms with van der Waals surface area (Å²) >= 11 is 0. The van der Waals surface area contributed by atoms with Crippen molar-refractivity contribution in [3.63, 3.8) is 0 Å². The van der Waals surface area contributed by atoms with Crippen molar-refractivity contribution in [2.45, 2.75) is 6.92 Å². The van der Waals surface area contributed by atoms with Gasteiger partial charge in [0.05, 0.1) is 0 Å². The van der Waals surface area contributed by atoms with Crippen LogP contribution in [0.15, 0.2) is 65.4 Å². The molecule has 1 aromatic heterocycles. The van der Waals surface area contributed by atoms with E-state index in [2.05, 4.69) is 15.6 Å². The summed E-state index contributed by atoms with van der Waals surface area (Å²) in [4.78, 5) is 27.4. The molecule has 0 saturated heterocycles. The highest BCUT2D eigenvalue weighted by atomic mass is 16.3. The fourth-order valence-corrected chi connectivity index (χ4v) is 2.23. The van der Waals surface area contributed by atoms with Crippen LogP contribution in [0.2, 0.25) is 0 Å². The van der Waals surface area contributed by atoms with Crippen LogP contribution in [0, 0.1) is 0 Å². The van der Waals surface area contributed by atoms with Gasteiger partial charge in [0.1, 0.15) is 0 Å². The van der Waals surface area contributed by atoms with Crippen LogP contribution in [0.1, 0.15) is 17.4 Å². The van der Waals surface area contributed by atoms with Crippen LogP contribution in [0.5, 0.6) is 0 Å². The van der Waals surface area contributed by atoms with E-state index in [1.807, 2.05) is 30.3 Å². The minimum atomic E-state index is -0.366. The van der Waals surface area contributed by atoms with Gasteiger partial charge >= 0.3 is 0 Å². The molecule has 2 amide bonds. The summed E-state index contributed by atoms with van der Waals surface area (Å²) in [5, 5.41) is 5.43. The van der Waals surface area contributed by atoms with Gasteiger partial charge in [-0.3, -0.25) is 9.59 Å². The van der Waals surface area contributed by atoms with Gasteiger partial charge < -0.3 is 15.1 Å². The molecule has 0 bridgehead atoms. The van der Waals surface area contributed by atoms with Gasteiger partial charge in [0.25, 0.3) is 5.91 Å². The molecule has 0 unspecified atom stereocenters. The van der Waals surface area contributed by atoms with Crippen molar-refractivity contribution in [3.05, 3.63) is 66.7 Å². The summed E-state index contributed by atoms with van der Waals surface area (Å²) in [7, 11) is 0. The highest BCUT2D eigenvalue weighted by Crippen LogP contribution is 2.23. The second kappa shape index (κ2) is 6.78. The molecular weight excluding hydrogens is 306 g/mol. The van der Waals surface area contributed by atoms with E-state index in [0.29, 0.717) is 17.1 Å². The zero-order chi connectivity index (χ0) is 16.9. The summed E-state index contributed by atoms with van der Waals surface area (Å²) in [6.07, 6.45) is 1.25. The van der Waals surface area contributed by atoms with Crippen molar-refractivity contribution >= 4 is 23.2 Å². The highest BCUT2D eigenvalue weighted by molar-refractivity contribution is 6.06. The number of hydrogen-bond acceptors (Lipinski definition) is 4. The number of carbonyl (C=O) groups is 2. The Bertz CT molecular complexity index is 855. The van der Waals surface area contributed by atoms with Crippen molar-refractivity contribution in [2.75, 3.05) is 10.6 Å². The first-order chi connectivity index (χ1) is 11.6. The van der Waals surface area contributed by atoms with Gasteiger partial charge in [0, 0.05) is 23.9 Å². The van der Waals surface area contributed by atoms with Crippen LogP contribution >= 0.6 is 0 Å². The molecule has 0 atom stereocenters. The number of hydrogen-bond donors (Lipinski definition) is 2. The van der Waals surface area contributed by atoms with Crippen molar-refractivity contribution in [1.29, 1.82) is 0 Å². The lowest BCUT2D eigenvalue weighted by Crippen LogP contribution is -2.13. The van der Waals surface area contributed by atoms with Crippen molar-refractivity contribution in [3.8, 4) is 11.3 Å². The summed E-state index contributed by atoms with van der Waals surface area (Å²) in [6.45, 7) is 1.44. The molecular formula is C18H15N3O3. The normalized spacial score (nSPS) is 10.2. The molecule has 3 aromatic rings. The van der Waals surface area contributed by atoms with Crippen LogP contribution in [0.25, 0.3) is 11.3 Å². The number of carbonyl (C=O) groups excluding carboxylic acids is 2. The Morgan fingerprint density at radius 2 is 1.54 bits per heavy atom. The minimum Gasteiger partial charge on any atom is -0.443 e. The van der Waals surface area contributed by atoms with Gasteiger partial charge in [-0.2, -0.15) is 0 Å². The number of anilines is 2. The molecule has 0 spiro atoms. The van der Waals surface area contributed by atoms with Gasteiger partial charge in [-0.15, -0.1) is 0 Å². The monoisotopic (exact) mass is 321 g/mol. The quantitative estimate of drug-likeness (QED) is 0.769. The van der Waals surface area contributed by atoms with Crippen LogP contribution in [0.4, 0.5) is 11.4 Å². The van der Waals surface area contributed by atoms with Gasteiger partial charge in [-0.05, 0) is 24.3 Å². The fraction of sp³-hybridized carbons (Fsp3) is 0.0556. The predicted molar refractivity (Wildman–Crippen MR) is 90.6 cm³/mol. The van der Waals surface area contributed by atoms with Crippen molar-refractivity contribution in [1.82, 2.24) is 4.98 Å². The number of aromatic nitrogens is 1. The molecule has 6 nitrogen and oxygen atoms in total. The second-order valence-electron chi connectivity index (χ2n) is 5.11. The van der Waals surface area contributed by atoms with Gasteiger partial charge in [0.15, 0.2) is 17.8 Å². The average Bonchev–Trinajstić information content (AvgIpc) is 3.07. The second-order valence-corrected chi connectivity index (χ2v) is 5.11. The standard InChI is InChI=1S/C18H15N3O3/c1-12(22)20-14-7-9-15(10-8-14)21-18(23)16-17(24-11-19-16)13-5-3-2-4-6-13/h2-11H,1H3,(H,20,22)(H,21,23). The first kappa shape index (κ1) is 15.5. The molecule has 2 N–H and O–H groups in total. The lowest BCUT2D eigenvalue weighted by molar-refractivity contribution is -0.114. The Balaban J connectivity index is 1.76. The van der Waals surface area contributed by atoms with E-state index in [4.69, 9.17) is 4.42 Å². The van der Waals surface area contributed by atoms with Gasteiger partial charge in [-0.25, -0.2) is 4.98 Å². The zero-order valence-electron chi connectivity index (χ0n) is 12.9. The average molecular weight is 321 g/mol. The van der Waals surface area contributed by atoms with Crippen molar-refractivity contribution in [2.24, 2.45) is 0 Å². The number of oxazole rings is 1. The number of rotatable bonds is 4. The first-order valence-electron chi connectivity index (χ1n) is 7.31. The molecule has 120 valence electrons. The summed E-state index contributed by atoms with van der Waals surface area (Å²) in [5.41, 5.74) is 2.25. The molecule has 3 rings (SSSR count). The Morgan fingerprint density at radius 1 is 0.917 bits per heavy atom. The zero-order valence-corrected chi connectivity index (χ0v) is 12.9. The highest BCUT2D eigenvalue weighted by Gasteiger charge is 2.18. The third-order valence-corrected chi connectivity index (χ3v) is 3.28. The van der Waals surface area contributed by atoms with E-state index < -0.39 is 0 Å². The number of nitrogens with one attached hydrogen (secondary N) is 2. The van der Waals surface area contributed by atoms with E-state index in [1.54, 1.807) is 24.3 Å². The molecule has 0 radical (unpaired) electrons. The minimum absolute atomic E-state index is 0.151. The Hall–Kier alpha value is -3.41. The maximum absolute atomic E-state index is 12.4. The number of benzene rings is 2. The summed E-state index contributed by atoms with van der Waals surface area (Å²) in [6, 6.07) is 16.1. The van der Waals surface area contributed by atoms with Crippen LogP contribution < -0.4 is 10.6 Å². The van der Waals surface area contributed by atoms with Crippen LogP contribution in [-0.2, 0) is 4.79 Å². The smallest absolute Gasteiger partial charge is 0.278 e. The largest absolute Gasteiger partial charge is 0.443 e. The summed E-state index contributed by atoms with van der Waals surface area (Å²) < 4.78 is 5.35. The van der Waals surface area contributed by atoms with E-state index in [0.717, 1.165) is 5.56 Å². The molecule has 0 aliphatic heterocycles. The molecule has 24 heavy (non-hydrogen) atoms. The van der Waals surface area contributed by atoms with E-state index >= 15 is 0 Å². The molecule has 2 aromatic carbocycles. The summed E-state index contributed by atoms with van der Waals surface area (Å²) in [5.74, 6) is -0.0975.